The summed E-state index contributed by atoms with van der Waals surface area (Å²) in [4.78, 5) is 11.0. The number of anilines is 1. The van der Waals surface area contributed by atoms with Gasteiger partial charge in [-0.15, -0.1) is 0 Å². The highest BCUT2D eigenvalue weighted by Gasteiger charge is 2.01. The Bertz CT molecular complexity index is 334. The van der Waals surface area contributed by atoms with Crippen molar-refractivity contribution in [2.75, 3.05) is 11.9 Å². The highest BCUT2D eigenvalue weighted by molar-refractivity contribution is 6.29. The van der Waals surface area contributed by atoms with Crippen LogP contribution in [-0.2, 0) is 7.05 Å². The predicted molar refractivity (Wildman–Crippen MR) is 48.7 cm³/mol. The zero-order chi connectivity index (χ0) is 9.14. The summed E-state index contributed by atoms with van der Waals surface area (Å²) in [6.07, 6.45) is 0. The minimum Gasteiger partial charge on any atom is -0.370 e. The Hall–Kier alpha value is -1.03. The summed E-state index contributed by atoms with van der Waals surface area (Å²) in [5, 5.41) is 6.78. The predicted octanol–water partition coefficient (Wildman–Crippen LogP) is 0.865. The van der Waals surface area contributed by atoms with Crippen molar-refractivity contribution in [1.82, 2.24) is 9.78 Å². The van der Waals surface area contributed by atoms with Crippen molar-refractivity contribution in [1.29, 1.82) is 0 Å². The third-order valence-corrected chi connectivity index (χ3v) is 1.68. The maximum atomic E-state index is 11.0. The molecule has 0 radical (unpaired) electrons. The molecule has 0 bridgehead atoms. The van der Waals surface area contributed by atoms with Gasteiger partial charge in [0.15, 0.2) is 5.15 Å². The monoisotopic (exact) mass is 187 g/mol. The standard InChI is InChI=1S/C7H10ClN3O/c1-3-9-6-4-5(12)7(8)10-11(6)2/h4,9H,3H2,1-2H3. The molecular formula is C7H10ClN3O. The molecule has 0 aliphatic carbocycles. The van der Waals surface area contributed by atoms with Gasteiger partial charge in [0.2, 0.25) is 5.43 Å². The minimum atomic E-state index is -0.259. The fourth-order valence-corrected chi connectivity index (χ4v) is 1.03. The summed E-state index contributed by atoms with van der Waals surface area (Å²) in [5.74, 6) is 0.673. The quantitative estimate of drug-likeness (QED) is 0.747. The maximum absolute atomic E-state index is 11.0. The van der Waals surface area contributed by atoms with Gasteiger partial charge in [0.25, 0.3) is 0 Å². The first-order valence-electron chi connectivity index (χ1n) is 3.63. The molecule has 12 heavy (non-hydrogen) atoms. The largest absolute Gasteiger partial charge is 0.370 e. The van der Waals surface area contributed by atoms with Crippen LogP contribution in [0.15, 0.2) is 10.9 Å². The van der Waals surface area contributed by atoms with Gasteiger partial charge in [0, 0.05) is 19.7 Å². The number of aryl methyl sites for hydroxylation is 1. The van der Waals surface area contributed by atoms with Crippen molar-refractivity contribution >= 4 is 17.4 Å². The molecule has 0 aliphatic heterocycles. The van der Waals surface area contributed by atoms with Crippen LogP contribution in [0.2, 0.25) is 5.15 Å². The van der Waals surface area contributed by atoms with E-state index in [9.17, 15) is 4.79 Å². The molecule has 5 heteroatoms. The third kappa shape index (κ3) is 1.76. The average molecular weight is 188 g/mol. The van der Waals surface area contributed by atoms with E-state index in [0.29, 0.717) is 5.82 Å². The molecule has 0 aliphatic rings. The fourth-order valence-electron chi connectivity index (χ4n) is 0.859. The van der Waals surface area contributed by atoms with Gasteiger partial charge in [-0.1, -0.05) is 11.6 Å². The molecule has 0 amide bonds. The van der Waals surface area contributed by atoms with E-state index in [4.69, 9.17) is 11.6 Å². The van der Waals surface area contributed by atoms with Gasteiger partial charge in [-0.05, 0) is 6.92 Å². The molecule has 0 saturated carbocycles. The second kappa shape index (κ2) is 3.58. The highest BCUT2D eigenvalue weighted by Crippen LogP contribution is 2.02. The lowest BCUT2D eigenvalue weighted by atomic mass is 10.5. The highest BCUT2D eigenvalue weighted by atomic mass is 35.5. The first-order chi connectivity index (χ1) is 5.65. The number of aromatic nitrogens is 2. The van der Waals surface area contributed by atoms with E-state index in [2.05, 4.69) is 10.4 Å². The van der Waals surface area contributed by atoms with E-state index >= 15 is 0 Å². The topological polar surface area (TPSA) is 46.9 Å². The second-order valence-electron chi connectivity index (χ2n) is 2.34. The third-order valence-electron chi connectivity index (χ3n) is 1.42. The second-order valence-corrected chi connectivity index (χ2v) is 2.70. The van der Waals surface area contributed by atoms with Gasteiger partial charge in [-0.2, -0.15) is 5.10 Å². The van der Waals surface area contributed by atoms with Crippen LogP contribution in [0.4, 0.5) is 5.82 Å². The van der Waals surface area contributed by atoms with Crippen molar-refractivity contribution in [2.24, 2.45) is 7.05 Å². The first kappa shape index (κ1) is 9.06. The molecule has 0 aromatic carbocycles. The smallest absolute Gasteiger partial charge is 0.221 e. The number of rotatable bonds is 2. The Morgan fingerprint density at radius 2 is 2.42 bits per heavy atom. The zero-order valence-corrected chi connectivity index (χ0v) is 7.72. The van der Waals surface area contributed by atoms with Crippen LogP contribution in [0.25, 0.3) is 0 Å². The molecule has 1 heterocycles. The molecule has 0 fully saturated rings. The van der Waals surface area contributed by atoms with Gasteiger partial charge in [0.1, 0.15) is 5.82 Å². The number of hydrogen-bond acceptors (Lipinski definition) is 3. The van der Waals surface area contributed by atoms with Gasteiger partial charge in [0.05, 0.1) is 0 Å². The van der Waals surface area contributed by atoms with Crippen molar-refractivity contribution in [3.05, 3.63) is 21.4 Å². The normalized spacial score (nSPS) is 9.92. The molecule has 0 spiro atoms. The van der Waals surface area contributed by atoms with Gasteiger partial charge < -0.3 is 5.32 Å². The molecular weight excluding hydrogens is 178 g/mol. The van der Waals surface area contributed by atoms with E-state index in [1.54, 1.807) is 7.05 Å². The number of nitrogens with zero attached hydrogens (tertiary/aromatic N) is 2. The lowest BCUT2D eigenvalue weighted by Crippen LogP contribution is -2.15. The van der Waals surface area contributed by atoms with Gasteiger partial charge in [-0.25, -0.2) is 0 Å². The number of hydrogen-bond donors (Lipinski definition) is 1. The van der Waals surface area contributed by atoms with E-state index in [0.717, 1.165) is 6.54 Å². The van der Waals surface area contributed by atoms with Crippen molar-refractivity contribution in [3.63, 3.8) is 0 Å². The van der Waals surface area contributed by atoms with Crippen LogP contribution in [0.1, 0.15) is 6.92 Å². The summed E-state index contributed by atoms with van der Waals surface area (Å²) < 4.78 is 1.53. The summed E-state index contributed by atoms with van der Waals surface area (Å²) in [6, 6.07) is 1.43. The van der Waals surface area contributed by atoms with Crippen LogP contribution in [0.3, 0.4) is 0 Å². The molecule has 1 aromatic heterocycles. The summed E-state index contributed by atoms with van der Waals surface area (Å²) >= 11 is 5.51. The van der Waals surface area contributed by atoms with E-state index < -0.39 is 0 Å². The molecule has 1 N–H and O–H groups in total. The summed E-state index contributed by atoms with van der Waals surface area (Å²) in [7, 11) is 1.73. The first-order valence-corrected chi connectivity index (χ1v) is 4.00. The minimum absolute atomic E-state index is 0.000784. The Morgan fingerprint density at radius 1 is 1.75 bits per heavy atom. The van der Waals surface area contributed by atoms with Crippen LogP contribution in [0.5, 0.6) is 0 Å². The fraction of sp³-hybridized carbons (Fsp3) is 0.429. The zero-order valence-electron chi connectivity index (χ0n) is 6.97. The van der Waals surface area contributed by atoms with Crippen molar-refractivity contribution < 1.29 is 0 Å². The molecule has 1 rings (SSSR count). The SMILES string of the molecule is CCNc1cc(=O)c(Cl)nn1C. The molecule has 4 nitrogen and oxygen atoms in total. The Balaban J connectivity index is 3.14. The van der Waals surface area contributed by atoms with Crippen LogP contribution in [0, 0.1) is 0 Å². The number of nitrogens with one attached hydrogen (secondary N) is 1. The lowest BCUT2D eigenvalue weighted by Gasteiger charge is -2.07. The van der Waals surface area contributed by atoms with Crippen molar-refractivity contribution in [3.8, 4) is 0 Å². The van der Waals surface area contributed by atoms with E-state index in [-0.39, 0.29) is 10.6 Å². The van der Waals surface area contributed by atoms with Crippen LogP contribution in [-0.4, -0.2) is 16.3 Å². The molecule has 0 unspecified atom stereocenters. The Labute approximate surface area is 75.2 Å². The van der Waals surface area contributed by atoms with Gasteiger partial charge >= 0.3 is 0 Å². The maximum Gasteiger partial charge on any atom is 0.221 e. The molecule has 0 atom stereocenters. The number of halogens is 1. The lowest BCUT2D eigenvalue weighted by molar-refractivity contribution is 0.740. The van der Waals surface area contributed by atoms with E-state index in [1.807, 2.05) is 6.92 Å². The van der Waals surface area contributed by atoms with Crippen molar-refractivity contribution in [2.45, 2.75) is 6.92 Å². The summed E-state index contributed by atoms with van der Waals surface area (Å²) in [6.45, 7) is 2.69. The van der Waals surface area contributed by atoms with E-state index in [1.165, 1.54) is 10.7 Å². The molecule has 0 saturated heterocycles. The molecule has 66 valence electrons. The van der Waals surface area contributed by atoms with Gasteiger partial charge in [-0.3, -0.25) is 9.48 Å². The average Bonchev–Trinajstić information content (AvgIpc) is 2.01. The Morgan fingerprint density at radius 3 is 3.00 bits per heavy atom. The molecule has 1 aromatic rings. The summed E-state index contributed by atoms with van der Waals surface area (Å²) in [5.41, 5.74) is -0.259. The van der Waals surface area contributed by atoms with Crippen LogP contribution < -0.4 is 10.7 Å². The van der Waals surface area contributed by atoms with Crippen LogP contribution >= 0.6 is 11.6 Å². The Kier molecular flexibility index (Phi) is 2.70.